The van der Waals surface area contributed by atoms with Crippen LogP contribution < -0.4 is 4.90 Å². The van der Waals surface area contributed by atoms with Crippen LogP contribution in [-0.4, -0.2) is 73.5 Å². The Kier molecular flexibility index (Phi) is 4.86. The average Bonchev–Trinajstić information content (AvgIpc) is 2.55. The standard InChI is InChI=1S/C15H24N4O3S/c1-13-11-19(12-14(2)22-13)23(20,21)18-9-7-17(8-10-18)15-5-3-4-6-16-15/h3-6,13-14H,7-12H2,1-2H3. The van der Waals surface area contributed by atoms with Crippen LogP contribution in [0.1, 0.15) is 13.8 Å². The Labute approximate surface area is 138 Å². The van der Waals surface area contributed by atoms with E-state index in [0.717, 1.165) is 5.82 Å². The van der Waals surface area contributed by atoms with Crippen LogP contribution >= 0.6 is 0 Å². The Balaban J connectivity index is 1.64. The SMILES string of the molecule is CC1CN(S(=O)(=O)N2CCN(c3ccccn3)CC2)CC(C)O1. The molecule has 2 aliphatic rings. The van der Waals surface area contributed by atoms with E-state index in [4.69, 9.17) is 4.74 Å². The molecule has 128 valence electrons. The molecule has 0 bridgehead atoms. The van der Waals surface area contributed by atoms with Crippen molar-refractivity contribution in [3.63, 3.8) is 0 Å². The highest BCUT2D eigenvalue weighted by Gasteiger charge is 2.36. The molecule has 2 fully saturated rings. The number of hydrogen-bond acceptors (Lipinski definition) is 5. The van der Waals surface area contributed by atoms with Crippen LogP contribution in [0.4, 0.5) is 5.82 Å². The topological polar surface area (TPSA) is 66.0 Å². The van der Waals surface area contributed by atoms with Gasteiger partial charge in [0.2, 0.25) is 0 Å². The number of morpholine rings is 1. The molecule has 3 heterocycles. The van der Waals surface area contributed by atoms with E-state index < -0.39 is 10.2 Å². The molecule has 1 aromatic heterocycles. The maximum atomic E-state index is 12.8. The third kappa shape index (κ3) is 3.65. The molecule has 0 amide bonds. The van der Waals surface area contributed by atoms with Gasteiger partial charge in [-0.2, -0.15) is 17.0 Å². The zero-order valence-corrected chi connectivity index (χ0v) is 14.4. The predicted molar refractivity (Wildman–Crippen MR) is 88.5 cm³/mol. The van der Waals surface area contributed by atoms with Gasteiger partial charge in [0.1, 0.15) is 5.82 Å². The lowest BCUT2D eigenvalue weighted by molar-refractivity contribution is -0.0455. The second kappa shape index (κ2) is 6.72. The van der Waals surface area contributed by atoms with Crippen molar-refractivity contribution in [3.8, 4) is 0 Å². The summed E-state index contributed by atoms with van der Waals surface area (Å²) in [4.78, 5) is 6.45. The molecule has 0 N–H and O–H groups in total. The summed E-state index contributed by atoms with van der Waals surface area (Å²) in [6.07, 6.45) is 1.63. The van der Waals surface area contributed by atoms with Crippen molar-refractivity contribution in [2.75, 3.05) is 44.2 Å². The Morgan fingerprint density at radius 2 is 1.70 bits per heavy atom. The summed E-state index contributed by atoms with van der Waals surface area (Å²) >= 11 is 0. The van der Waals surface area contributed by atoms with Crippen LogP contribution in [0.2, 0.25) is 0 Å². The highest BCUT2D eigenvalue weighted by Crippen LogP contribution is 2.20. The minimum atomic E-state index is -3.42. The summed E-state index contributed by atoms with van der Waals surface area (Å²) < 4.78 is 34.4. The third-order valence-corrected chi connectivity index (χ3v) is 6.22. The summed E-state index contributed by atoms with van der Waals surface area (Å²) in [6.45, 7) is 6.96. The molecule has 0 radical (unpaired) electrons. The maximum Gasteiger partial charge on any atom is 0.282 e. The van der Waals surface area contributed by atoms with Gasteiger partial charge in [-0.25, -0.2) is 4.98 Å². The molecule has 0 aliphatic carbocycles. The number of rotatable bonds is 3. The van der Waals surface area contributed by atoms with Crippen molar-refractivity contribution in [3.05, 3.63) is 24.4 Å². The fraction of sp³-hybridized carbons (Fsp3) is 0.667. The van der Waals surface area contributed by atoms with E-state index >= 15 is 0 Å². The van der Waals surface area contributed by atoms with Gasteiger partial charge in [0, 0.05) is 45.5 Å². The lowest BCUT2D eigenvalue weighted by Crippen LogP contribution is -2.57. The molecule has 7 nitrogen and oxygen atoms in total. The summed E-state index contributed by atoms with van der Waals surface area (Å²) in [6, 6.07) is 5.78. The summed E-state index contributed by atoms with van der Waals surface area (Å²) in [5.74, 6) is 0.901. The van der Waals surface area contributed by atoms with Crippen molar-refractivity contribution < 1.29 is 13.2 Å². The van der Waals surface area contributed by atoms with Crippen LogP contribution in [0.25, 0.3) is 0 Å². The second-order valence-electron chi connectivity index (χ2n) is 6.16. The Morgan fingerprint density at radius 1 is 1.04 bits per heavy atom. The van der Waals surface area contributed by atoms with E-state index in [9.17, 15) is 8.42 Å². The molecule has 0 saturated carbocycles. The summed E-state index contributed by atoms with van der Waals surface area (Å²) in [5, 5.41) is 0. The lowest BCUT2D eigenvalue weighted by Gasteiger charge is -2.40. The monoisotopic (exact) mass is 340 g/mol. The molecule has 2 unspecified atom stereocenters. The molecule has 2 atom stereocenters. The normalized spacial score (nSPS) is 28.0. The van der Waals surface area contributed by atoms with Crippen LogP contribution in [-0.2, 0) is 14.9 Å². The Hall–Kier alpha value is -1.22. The van der Waals surface area contributed by atoms with E-state index in [1.54, 1.807) is 14.8 Å². The summed E-state index contributed by atoms with van der Waals surface area (Å²) in [7, 11) is -3.42. The number of aromatic nitrogens is 1. The van der Waals surface area contributed by atoms with Crippen molar-refractivity contribution >= 4 is 16.0 Å². The zero-order valence-electron chi connectivity index (χ0n) is 13.6. The number of hydrogen-bond donors (Lipinski definition) is 0. The number of ether oxygens (including phenoxy) is 1. The Morgan fingerprint density at radius 3 is 2.26 bits per heavy atom. The molecule has 1 aromatic rings. The van der Waals surface area contributed by atoms with Gasteiger partial charge >= 0.3 is 0 Å². The van der Waals surface area contributed by atoms with E-state index in [0.29, 0.717) is 39.3 Å². The van der Waals surface area contributed by atoms with Crippen molar-refractivity contribution in [2.45, 2.75) is 26.1 Å². The van der Waals surface area contributed by atoms with Crippen LogP contribution in [0.3, 0.4) is 0 Å². The van der Waals surface area contributed by atoms with Crippen molar-refractivity contribution in [1.82, 2.24) is 13.6 Å². The van der Waals surface area contributed by atoms with Crippen LogP contribution in [0, 0.1) is 0 Å². The number of anilines is 1. The first-order chi connectivity index (χ1) is 11.0. The molecule has 0 aromatic carbocycles. The fourth-order valence-electron chi connectivity index (χ4n) is 3.17. The van der Waals surface area contributed by atoms with E-state index in [1.807, 2.05) is 32.0 Å². The van der Waals surface area contributed by atoms with E-state index in [1.165, 1.54) is 0 Å². The molecule has 8 heteroatoms. The highest BCUT2D eigenvalue weighted by atomic mass is 32.2. The van der Waals surface area contributed by atoms with Gasteiger partial charge in [-0.3, -0.25) is 0 Å². The van der Waals surface area contributed by atoms with Crippen LogP contribution in [0.5, 0.6) is 0 Å². The first-order valence-corrected chi connectivity index (χ1v) is 9.43. The minimum Gasteiger partial charge on any atom is -0.373 e. The first kappa shape index (κ1) is 16.6. The molecule has 2 saturated heterocycles. The fourth-order valence-corrected chi connectivity index (χ4v) is 4.92. The van der Waals surface area contributed by atoms with Gasteiger partial charge in [-0.15, -0.1) is 0 Å². The number of piperazine rings is 1. The molecular formula is C15H24N4O3S. The van der Waals surface area contributed by atoms with Gasteiger partial charge < -0.3 is 9.64 Å². The van der Waals surface area contributed by atoms with Crippen molar-refractivity contribution in [2.24, 2.45) is 0 Å². The lowest BCUT2D eigenvalue weighted by atomic mass is 10.3. The first-order valence-electron chi connectivity index (χ1n) is 8.03. The van der Waals surface area contributed by atoms with Gasteiger partial charge in [0.05, 0.1) is 12.2 Å². The van der Waals surface area contributed by atoms with Gasteiger partial charge in [-0.1, -0.05) is 6.07 Å². The molecule has 2 aliphatic heterocycles. The number of pyridine rings is 1. The largest absolute Gasteiger partial charge is 0.373 e. The highest BCUT2D eigenvalue weighted by molar-refractivity contribution is 7.86. The summed E-state index contributed by atoms with van der Waals surface area (Å²) in [5.41, 5.74) is 0. The van der Waals surface area contributed by atoms with Gasteiger partial charge in [0.15, 0.2) is 0 Å². The van der Waals surface area contributed by atoms with Gasteiger partial charge in [0.25, 0.3) is 10.2 Å². The van der Waals surface area contributed by atoms with E-state index in [2.05, 4.69) is 9.88 Å². The Bertz CT molecular complexity index is 607. The van der Waals surface area contributed by atoms with Crippen LogP contribution in [0.15, 0.2) is 24.4 Å². The zero-order chi connectivity index (χ0) is 16.4. The third-order valence-electron chi connectivity index (χ3n) is 4.25. The molecule has 0 spiro atoms. The average molecular weight is 340 g/mol. The molecule has 3 rings (SSSR count). The minimum absolute atomic E-state index is 0.0664. The quantitative estimate of drug-likeness (QED) is 0.804. The smallest absolute Gasteiger partial charge is 0.282 e. The molecule has 23 heavy (non-hydrogen) atoms. The van der Waals surface area contributed by atoms with E-state index in [-0.39, 0.29) is 12.2 Å². The molecular weight excluding hydrogens is 316 g/mol. The maximum absolute atomic E-state index is 12.8. The second-order valence-corrected chi connectivity index (χ2v) is 8.08. The van der Waals surface area contributed by atoms with Gasteiger partial charge in [-0.05, 0) is 26.0 Å². The van der Waals surface area contributed by atoms with Crippen molar-refractivity contribution in [1.29, 1.82) is 0 Å². The number of nitrogens with zero attached hydrogens (tertiary/aromatic N) is 4. The predicted octanol–water partition coefficient (Wildman–Crippen LogP) is 0.558.